The summed E-state index contributed by atoms with van der Waals surface area (Å²) in [6.07, 6.45) is 4.30. The van der Waals surface area contributed by atoms with Gasteiger partial charge in [0.05, 0.1) is 10.6 Å². The fraction of sp³-hybridized carbons (Fsp3) is 0.667. The molecule has 1 aromatic rings. The van der Waals surface area contributed by atoms with Crippen LogP contribution >= 0.6 is 15.9 Å². The molecule has 1 aromatic heterocycles. The summed E-state index contributed by atoms with van der Waals surface area (Å²) in [5, 5.41) is 2.97. The Bertz CT molecular complexity index is 394. The van der Waals surface area contributed by atoms with Gasteiger partial charge in [0, 0.05) is 32.9 Å². The molecule has 0 bridgehead atoms. The molecule has 1 aliphatic rings. The Morgan fingerprint density at radius 2 is 2.22 bits per heavy atom. The molecule has 5 nitrogen and oxygen atoms in total. The van der Waals surface area contributed by atoms with Crippen LogP contribution < -0.4 is 10.2 Å². The van der Waals surface area contributed by atoms with Gasteiger partial charge in [-0.15, -0.1) is 0 Å². The molecule has 18 heavy (non-hydrogen) atoms. The molecule has 0 spiro atoms. The van der Waals surface area contributed by atoms with Crippen molar-refractivity contribution >= 4 is 27.7 Å². The van der Waals surface area contributed by atoms with Crippen LogP contribution in [-0.4, -0.2) is 42.8 Å². The molecule has 0 unspecified atom stereocenters. The molecule has 6 heteroatoms. The van der Waals surface area contributed by atoms with E-state index in [0.29, 0.717) is 12.1 Å². The maximum atomic E-state index is 5.66. The third-order valence-electron chi connectivity index (χ3n) is 3.09. The van der Waals surface area contributed by atoms with Crippen molar-refractivity contribution in [3.63, 3.8) is 0 Å². The van der Waals surface area contributed by atoms with Gasteiger partial charge in [0.2, 0.25) is 5.95 Å². The Labute approximate surface area is 116 Å². The Morgan fingerprint density at radius 1 is 1.50 bits per heavy atom. The highest BCUT2D eigenvalue weighted by Crippen LogP contribution is 2.27. The zero-order chi connectivity index (χ0) is 13.0. The van der Waals surface area contributed by atoms with Crippen LogP contribution in [0.1, 0.15) is 19.8 Å². The van der Waals surface area contributed by atoms with Gasteiger partial charge >= 0.3 is 0 Å². The van der Waals surface area contributed by atoms with Crippen molar-refractivity contribution in [2.45, 2.75) is 25.9 Å². The molecule has 1 fully saturated rings. The molecule has 0 aliphatic carbocycles. The van der Waals surface area contributed by atoms with E-state index < -0.39 is 0 Å². The smallest absolute Gasteiger partial charge is 0.224 e. The van der Waals surface area contributed by atoms with Gasteiger partial charge in [-0.25, -0.2) is 4.98 Å². The quantitative estimate of drug-likeness (QED) is 0.924. The largest absolute Gasteiger partial charge is 0.378 e. The minimum atomic E-state index is 0.399. The predicted molar refractivity (Wildman–Crippen MR) is 76.1 cm³/mol. The summed E-state index contributed by atoms with van der Waals surface area (Å²) in [6, 6.07) is 0. The molecule has 0 amide bonds. The van der Waals surface area contributed by atoms with E-state index in [1.165, 1.54) is 0 Å². The minimum absolute atomic E-state index is 0.399. The van der Waals surface area contributed by atoms with Gasteiger partial charge in [-0.1, -0.05) is 0 Å². The average Bonchev–Trinajstić information content (AvgIpc) is 2.41. The van der Waals surface area contributed by atoms with E-state index in [4.69, 9.17) is 4.74 Å². The van der Waals surface area contributed by atoms with Crippen LogP contribution in [0.3, 0.4) is 0 Å². The van der Waals surface area contributed by atoms with Crippen molar-refractivity contribution in [2.75, 3.05) is 37.0 Å². The van der Waals surface area contributed by atoms with Gasteiger partial charge < -0.3 is 15.0 Å². The number of ether oxygens (including phenoxy) is 1. The summed E-state index contributed by atoms with van der Waals surface area (Å²) in [7, 11) is 1.83. The van der Waals surface area contributed by atoms with Crippen molar-refractivity contribution in [2.24, 2.45) is 0 Å². The van der Waals surface area contributed by atoms with Crippen molar-refractivity contribution in [3.8, 4) is 0 Å². The van der Waals surface area contributed by atoms with Gasteiger partial charge in [0.25, 0.3) is 0 Å². The van der Waals surface area contributed by atoms with Crippen molar-refractivity contribution in [1.82, 2.24) is 9.97 Å². The number of nitrogens with zero attached hydrogens (tertiary/aromatic N) is 3. The number of anilines is 2. The molecule has 1 aliphatic heterocycles. The zero-order valence-electron chi connectivity index (χ0n) is 10.8. The van der Waals surface area contributed by atoms with Crippen LogP contribution in [0.2, 0.25) is 0 Å². The Morgan fingerprint density at radius 3 is 2.83 bits per heavy atom. The molecule has 1 N–H and O–H groups in total. The summed E-state index contributed by atoms with van der Waals surface area (Å²) >= 11 is 3.52. The Balaban J connectivity index is 2.04. The second-order valence-electron chi connectivity index (χ2n) is 4.26. The van der Waals surface area contributed by atoms with Crippen LogP contribution in [0.25, 0.3) is 0 Å². The minimum Gasteiger partial charge on any atom is -0.378 e. The second-order valence-corrected chi connectivity index (χ2v) is 5.11. The van der Waals surface area contributed by atoms with E-state index in [-0.39, 0.29) is 0 Å². The summed E-state index contributed by atoms with van der Waals surface area (Å²) < 4.78 is 6.60. The first kappa shape index (κ1) is 13.5. The predicted octanol–water partition coefficient (Wildman–Crippen LogP) is 2.29. The van der Waals surface area contributed by atoms with E-state index >= 15 is 0 Å². The van der Waals surface area contributed by atoms with E-state index in [2.05, 4.69) is 36.1 Å². The Hall–Kier alpha value is -0.880. The number of piperidine rings is 1. The molecule has 100 valence electrons. The van der Waals surface area contributed by atoms with Gasteiger partial charge in [-0.3, -0.25) is 0 Å². The number of nitrogens with one attached hydrogen (secondary N) is 1. The monoisotopic (exact) mass is 314 g/mol. The molecule has 2 rings (SSSR count). The first-order valence-corrected chi connectivity index (χ1v) is 7.10. The lowest BCUT2D eigenvalue weighted by Crippen LogP contribution is -2.37. The molecule has 2 heterocycles. The van der Waals surface area contributed by atoms with Crippen LogP contribution in [0, 0.1) is 0 Å². The van der Waals surface area contributed by atoms with E-state index in [9.17, 15) is 0 Å². The van der Waals surface area contributed by atoms with E-state index in [1.807, 2.05) is 14.0 Å². The fourth-order valence-corrected chi connectivity index (χ4v) is 2.61. The number of hydrogen-bond donors (Lipinski definition) is 1. The summed E-state index contributed by atoms with van der Waals surface area (Å²) in [5.74, 6) is 1.62. The molecular formula is C12H19BrN4O. The second kappa shape index (κ2) is 6.33. The topological polar surface area (TPSA) is 50.3 Å². The molecule has 0 aromatic carbocycles. The fourth-order valence-electron chi connectivity index (χ4n) is 2.17. The first-order valence-electron chi connectivity index (χ1n) is 6.31. The third-order valence-corrected chi connectivity index (χ3v) is 3.65. The van der Waals surface area contributed by atoms with Gasteiger partial charge in [-0.2, -0.15) is 4.98 Å². The van der Waals surface area contributed by atoms with Crippen molar-refractivity contribution < 1.29 is 4.74 Å². The molecule has 0 radical (unpaired) electrons. The summed E-state index contributed by atoms with van der Waals surface area (Å²) in [5.41, 5.74) is 0. The normalized spacial score (nSPS) is 16.9. The number of hydrogen-bond acceptors (Lipinski definition) is 5. The average molecular weight is 315 g/mol. The van der Waals surface area contributed by atoms with Crippen molar-refractivity contribution in [3.05, 3.63) is 10.7 Å². The SMILES string of the molecule is CCOC1CCN(c2nc(NC)ncc2Br)CC1. The molecule has 0 saturated carbocycles. The van der Waals surface area contributed by atoms with Crippen LogP contribution in [0.4, 0.5) is 11.8 Å². The van der Waals surface area contributed by atoms with Crippen LogP contribution in [0.5, 0.6) is 0 Å². The lowest BCUT2D eigenvalue weighted by Gasteiger charge is -2.33. The Kier molecular flexibility index (Phi) is 4.77. The highest BCUT2D eigenvalue weighted by molar-refractivity contribution is 9.10. The highest BCUT2D eigenvalue weighted by Gasteiger charge is 2.22. The maximum absolute atomic E-state index is 5.66. The zero-order valence-corrected chi connectivity index (χ0v) is 12.4. The molecule has 1 saturated heterocycles. The van der Waals surface area contributed by atoms with Gasteiger partial charge in [0.15, 0.2) is 0 Å². The summed E-state index contributed by atoms with van der Waals surface area (Å²) in [4.78, 5) is 11.0. The number of aromatic nitrogens is 2. The standard InChI is InChI=1S/C12H19BrN4O/c1-3-18-9-4-6-17(7-5-9)11-10(13)8-15-12(14-2)16-11/h8-9H,3-7H2,1-2H3,(H,14,15,16). The van der Waals surface area contributed by atoms with Gasteiger partial charge in [0.1, 0.15) is 5.82 Å². The maximum Gasteiger partial charge on any atom is 0.224 e. The van der Waals surface area contributed by atoms with E-state index in [1.54, 1.807) is 6.20 Å². The van der Waals surface area contributed by atoms with Gasteiger partial charge in [-0.05, 0) is 35.7 Å². The van der Waals surface area contributed by atoms with Crippen LogP contribution in [-0.2, 0) is 4.74 Å². The highest BCUT2D eigenvalue weighted by atomic mass is 79.9. The van der Waals surface area contributed by atoms with Crippen molar-refractivity contribution in [1.29, 1.82) is 0 Å². The molecule has 0 atom stereocenters. The lowest BCUT2D eigenvalue weighted by molar-refractivity contribution is 0.0458. The first-order chi connectivity index (χ1) is 8.74. The third kappa shape index (κ3) is 3.11. The van der Waals surface area contributed by atoms with Crippen LogP contribution in [0.15, 0.2) is 10.7 Å². The molecular weight excluding hydrogens is 296 g/mol. The number of halogens is 1. The number of rotatable bonds is 4. The van der Waals surface area contributed by atoms with E-state index in [0.717, 1.165) is 42.8 Å². The lowest BCUT2D eigenvalue weighted by atomic mass is 10.1. The summed E-state index contributed by atoms with van der Waals surface area (Å²) in [6.45, 7) is 4.80.